The topological polar surface area (TPSA) is 42.1 Å². The van der Waals surface area contributed by atoms with E-state index < -0.39 is 0 Å². The van der Waals surface area contributed by atoms with E-state index in [0.29, 0.717) is 6.54 Å². The zero-order chi connectivity index (χ0) is 13.7. The highest BCUT2D eigenvalue weighted by Crippen LogP contribution is 2.15. The fraction of sp³-hybridized carbons (Fsp3) is 0.267. The minimum atomic E-state index is 0.662. The number of nitrogens with zero attached hydrogens (tertiary/aromatic N) is 2. The van der Waals surface area contributed by atoms with Gasteiger partial charge in [-0.15, -0.1) is 0 Å². The second kappa shape index (κ2) is 6.68. The molecular formula is C15H18BrN3. The number of benzene rings is 1. The third kappa shape index (κ3) is 4.04. The third-order valence-electron chi connectivity index (χ3n) is 2.97. The van der Waals surface area contributed by atoms with Crippen LogP contribution in [0.3, 0.4) is 0 Å². The number of hydrogen-bond donors (Lipinski definition) is 1. The quantitative estimate of drug-likeness (QED) is 0.921. The normalized spacial score (nSPS) is 10.5. The smallest absolute Gasteiger partial charge is 0.128 e. The highest BCUT2D eigenvalue weighted by atomic mass is 79.9. The molecule has 3 nitrogen and oxygen atoms in total. The van der Waals surface area contributed by atoms with Gasteiger partial charge in [-0.2, -0.15) is 0 Å². The van der Waals surface area contributed by atoms with Gasteiger partial charge in [0.05, 0.1) is 0 Å². The van der Waals surface area contributed by atoms with Gasteiger partial charge in [-0.3, -0.25) is 0 Å². The van der Waals surface area contributed by atoms with E-state index in [9.17, 15) is 0 Å². The summed E-state index contributed by atoms with van der Waals surface area (Å²) in [6.45, 7) is 1.51. The van der Waals surface area contributed by atoms with Crippen molar-refractivity contribution in [3.63, 3.8) is 0 Å². The molecule has 0 bridgehead atoms. The molecule has 0 aliphatic rings. The number of aromatic nitrogens is 1. The molecule has 1 aromatic heterocycles. The summed E-state index contributed by atoms with van der Waals surface area (Å²) in [7, 11) is 2.05. The molecule has 0 aliphatic carbocycles. The van der Waals surface area contributed by atoms with Gasteiger partial charge >= 0.3 is 0 Å². The van der Waals surface area contributed by atoms with Crippen molar-refractivity contribution in [2.24, 2.45) is 5.73 Å². The van der Waals surface area contributed by atoms with E-state index >= 15 is 0 Å². The highest BCUT2D eigenvalue weighted by Gasteiger charge is 2.03. The van der Waals surface area contributed by atoms with E-state index in [1.165, 1.54) is 11.1 Å². The molecule has 0 saturated carbocycles. The molecule has 0 spiro atoms. The van der Waals surface area contributed by atoms with Crippen LogP contribution in [0.4, 0.5) is 5.82 Å². The maximum absolute atomic E-state index is 5.53. The minimum Gasteiger partial charge on any atom is -0.355 e. The monoisotopic (exact) mass is 319 g/mol. The molecule has 0 atom stereocenters. The fourth-order valence-corrected chi connectivity index (χ4v) is 2.17. The lowest BCUT2D eigenvalue weighted by atomic mass is 10.2. The van der Waals surface area contributed by atoms with Gasteiger partial charge in [-0.05, 0) is 42.3 Å². The molecule has 0 aliphatic heterocycles. The van der Waals surface area contributed by atoms with Crippen LogP contribution in [0, 0.1) is 0 Å². The Labute approximate surface area is 122 Å². The Kier molecular flexibility index (Phi) is 4.93. The van der Waals surface area contributed by atoms with Gasteiger partial charge < -0.3 is 10.6 Å². The molecule has 1 aromatic carbocycles. The molecule has 2 aromatic rings. The molecule has 2 rings (SSSR count). The summed E-state index contributed by atoms with van der Waals surface area (Å²) in [6.07, 6.45) is 2.78. The Morgan fingerprint density at radius 3 is 2.37 bits per heavy atom. The Morgan fingerprint density at radius 1 is 1.11 bits per heavy atom. The van der Waals surface area contributed by atoms with Gasteiger partial charge in [0.15, 0.2) is 0 Å². The van der Waals surface area contributed by atoms with Crippen molar-refractivity contribution < 1.29 is 0 Å². The molecule has 0 amide bonds. The maximum Gasteiger partial charge on any atom is 0.128 e. The Balaban J connectivity index is 2.02. The Morgan fingerprint density at radius 2 is 1.79 bits per heavy atom. The largest absolute Gasteiger partial charge is 0.355 e. The van der Waals surface area contributed by atoms with Crippen LogP contribution in [0.15, 0.2) is 47.1 Å². The van der Waals surface area contributed by atoms with Crippen molar-refractivity contribution in [3.05, 3.63) is 58.2 Å². The number of halogens is 1. The van der Waals surface area contributed by atoms with Gasteiger partial charge in [-0.1, -0.05) is 34.1 Å². The molecule has 0 saturated heterocycles. The molecule has 1 heterocycles. The lowest BCUT2D eigenvalue weighted by molar-refractivity contribution is 0.889. The van der Waals surface area contributed by atoms with Crippen molar-refractivity contribution in [1.82, 2.24) is 4.98 Å². The molecule has 0 unspecified atom stereocenters. The predicted octanol–water partition coefficient (Wildman–Crippen LogP) is 2.98. The van der Waals surface area contributed by atoms with Crippen molar-refractivity contribution in [1.29, 1.82) is 0 Å². The first-order chi connectivity index (χ1) is 9.19. The van der Waals surface area contributed by atoms with Gasteiger partial charge in [0.2, 0.25) is 0 Å². The number of anilines is 1. The average molecular weight is 320 g/mol. The van der Waals surface area contributed by atoms with Crippen LogP contribution in [-0.4, -0.2) is 18.6 Å². The van der Waals surface area contributed by atoms with E-state index in [1.807, 2.05) is 19.3 Å². The highest BCUT2D eigenvalue weighted by molar-refractivity contribution is 9.10. The Hall–Kier alpha value is -1.39. The van der Waals surface area contributed by atoms with Crippen LogP contribution in [-0.2, 0) is 13.0 Å². The van der Waals surface area contributed by atoms with Crippen LogP contribution in [0.2, 0.25) is 0 Å². The van der Waals surface area contributed by atoms with E-state index in [2.05, 4.69) is 56.1 Å². The average Bonchev–Trinajstić information content (AvgIpc) is 2.42. The molecule has 19 heavy (non-hydrogen) atoms. The van der Waals surface area contributed by atoms with E-state index in [-0.39, 0.29) is 0 Å². The van der Waals surface area contributed by atoms with E-state index in [4.69, 9.17) is 5.73 Å². The SMILES string of the molecule is CN(Cc1ccc(Br)cc1)c1ccc(CCN)cn1. The first kappa shape index (κ1) is 14.0. The van der Waals surface area contributed by atoms with Crippen LogP contribution in [0.1, 0.15) is 11.1 Å². The van der Waals surface area contributed by atoms with Crippen LogP contribution in [0.5, 0.6) is 0 Å². The van der Waals surface area contributed by atoms with Crippen molar-refractivity contribution in [3.8, 4) is 0 Å². The molecule has 4 heteroatoms. The van der Waals surface area contributed by atoms with Gasteiger partial charge in [-0.25, -0.2) is 4.98 Å². The van der Waals surface area contributed by atoms with Crippen LogP contribution in [0.25, 0.3) is 0 Å². The zero-order valence-electron chi connectivity index (χ0n) is 11.0. The number of rotatable bonds is 5. The van der Waals surface area contributed by atoms with Gasteiger partial charge in [0, 0.05) is 24.3 Å². The maximum atomic E-state index is 5.53. The van der Waals surface area contributed by atoms with Crippen molar-refractivity contribution in [2.45, 2.75) is 13.0 Å². The van der Waals surface area contributed by atoms with Crippen LogP contribution < -0.4 is 10.6 Å². The number of nitrogens with two attached hydrogens (primary N) is 1. The molecule has 100 valence electrons. The summed E-state index contributed by atoms with van der Waals surface area (Å²) in [5.74, 6) is 0.976. The summed E-state index contributed by atoms with van der Waals surface area (Å²) in [5, 5.41) is 0. The Bertz CT molecular complexity index is 508. The van der Waals surface area contributed by atoms with Gasteiger partial charge in [0.1, 0.15) is 5.82 Å². The second-order valence-electron chi connectivity index (χ2n) is 4.55. The minimum absolute atomic E-state index is 0.662. The number of hydrogen-bond acceptors (Lipinski definition) is 3. The second-order valence-corrected chi connectivity index (χ2v) is 5.46. The first-order valence-electron chi connectivity index (χ1n) is 6.29. The summed E-state index contributed by atoms with van der Waals surface area (Å²) < 4.78 is 1.10. The summed E-state index contributed by atoms with van der Waals surface area (Å²) in [5.41, 5.74) is 7.98. The van der Waals surface area contributed by atoms with Crippen molar-refractivity contribution in [2.75, 3.05) is 18.5 Å². The third-order valence-corrected chi connectivity index (χ3v) is 3.49. The van der Waals surface area contributed by atoms with Gasteiger partial charge in [0.25, 0.3) is 0 Å². The fourth-order valence-electron chi connectivity index (χ4n) is 1.90. The predicted molar refractivity (Wildman–Crippen MR) is 83.2 cm³/mol. The lowest BCUT2D eigenvalue weighted by Crippen LogP contribution is -2.17. The molecule has 0 fully saturated rings. The molecule has 0 radical (unpaired) electrons. The lowest BCUT2D eigenvalue weighted by Gasteiger charge is -2.18. The summed E-state index contributed by atoms with van der Waals surface area (Å²) in [4.78, 5) is 6.61. The molecule has 2 N–H and O–H groups in total. The zero-order valence-corrected chi connectivity index (χ0v) is 12.6. The summed E-state index contributed by atoms with van der Waals surface area (Å²) in [6, 6.07) is 12.5. The summed E-state index contributed by atoms with van der Waals surface area (Å²) >= 11 is 3.44. The first-order valence-corrected chi connectivity index (χ1v) is 7.09. The van der Waals surface area contributed by atoms with E-state index in [1.54, 1.807) is 0 Å². The number of pyridine rings is 1. The standard InChI is InChI=1S/C15H18BrN3/c1-19(11-13-2-5-14(16)6-3-13)15-7-4-12(8-9-17)10-18-15/h2-7,10H,8-9,11,17H2,1H3. The van der Waals surface area contributed by atoms with Crippen LogP contribution >= 0.6 is 15.9 Å². The van der Waals surface area contributed by atoms with E-state index in [0.717, 1.165) is 23.3 Å². The molecular weight excluding hydrogens is 302 g/mol. The van der Waals surface area contributed by atoms with Crippen molar-refractivity contribution >= 4 is 21.7 Å².